The molecule has 0 radical (unpaired) electrons. The molecule has 0 aliphatic heterocycles. The lowest BCUT2D eigenvalue weighted by molar-refractivity contribution is -0.121. The molecule has 0 unspecified atom stereocenters. The van der Waals surface area contributed by atoms with Gasteiger partial charge in [-0.1, -0.05) is 61.0 Å². The van der Waals surface area contributed by atoms with Crippen LogP contribution in [0.4, 0.5) is 0 Å². The van der Waals surface area contributed by atoms with Crippen molar-refractivity contribution in [2.75, 3.05) is 13.2 Å². The van der Waals surface area contributed by atoms with Crippen molar-refractivity contribution < 1.29 is 14.7 Å². The smallest absolute Gasteiger partial charge is 0.158 e. The van der Waals surface area contributed by atoms with E-state index in [1.807, 2.05) is 42.5 Å². The van der Waals surface area contributed by atoms with E-state index < -0.39 is 0 Å². The highest BCUT2D eigenvalue weighted by Gasteiger charge is 2.02. The summed E-state index contributed by atoms with van der Waals surface area (Å²) in [7, 11) is 0. The first-order valence-corrected chi connectivity index (χ1v) is 8.98. The van der Waals surface area contributed by atoms with Crippen LogP contribution in [0.5, 0.6) is 0 Å². The second-order valence-electron chi connectivity index (χ2n) is 6.25. The lowest BCUT2D eigenvalue weighted by Gasteiger charge is -2.02. The van der Waals surface area contributed by atoms with Crippen molar-refractivity contribution in [3.05, 3.63) is 60.2 Å². The third kappa shape index (κ3) is 7.11. The molecule has 0 spiro atoms. The highest BCUT2D eigenvalue weighted by molar-refractivity contribution is 5.85. The van der Waals surface area contributed by atoms with E-state index in [-0.39, 0.29) is 24.7 Å². The number of aliphatic imine (C=N–C) groups is 1. The molecule has 136 valence electrons. The highest BCUT2D eigenvalue weighted by atomic mass is 16.3. The van der Waals surface area contributed by atoms with Gasteiger partial charge in [-0.05, 0) is 29.5 Å². The zero-order chi connectivity index (χ0) is 18.6. The zero-order valence-corrected chi connectivity index (χ0v) is 14.9. The fraction of sp³-hybridized carbons (Fsp3) is 0.318. The fourth-order valence-electron chi connectivity index (χ4n) is 2.62. The summed E-state index contributed by atoms with van der Waals surface area (Å²) in [6, 6.07) is 18.3. The van der Waals surface area contributed by atoms with E-state index in [0.29, 0.717) is 12.8 Å². The summed E-state index contributed by atoms with van der Waals surface area (Å²) in [6.07, 6.45) is 4.91. The van der Waals surface area contributed by atoms with Crippen molar-refractivity contribution in [3.63, 3.8) is 0 Å². The van der Waals surface area contributed by atoms with Crippen LogP contribution in [-0.4, -0.2) is 36.0 Å². The number of ketones is 2. The minimum atomic E-state index is -0.389. The first kappa shape index (κ1) is 19.7. The zero-order valence-electron chi connectivity index (χ0n) is 14.9. The molecular formula is C22H25NO3. The molecule has 0 aromatic heterocycles. The summed E-state index contributed by atoms with van der Waals surface area (Å²) in [5.74, 6) is -0.0325. The molecule has 0 saturated heterocycles. The predicted molar refractivity (Wildman–Crippen MR) is 105 cm³/mol. The van der Waals surface area contributed by atoms with E-state index in [9.17, 15) is 9.59 Å². The SMILES string of the molecule is O=C(CO)CCCCCC(=O)CN=Cc1ccc(-c2ccccc2)cc1. The summed E-state index contributed by atoms with van der Waals surface area (Å²) in [5, 5.41) is 8.62. The number of carbonyl (C=O) groups excluding carboxylic acids is 2. The van der Waals surface area contributed by atoms with Gasteiger partial charge in [-0.2, -0.15) is 0 Å². The van der Waals surface area contributed by atoms with E-state index in [0.717, 1.165) is 30.4 Å². The van der Waals surface area contributed by atoms with Crippen LogP contribution in [0.2, 0.25) is 0 Å². The number of carbonyl (C=O) groups is 2. The Labute approximate surface area is 154 Å². The average molecular weight is 351 g/mol. The summed E-state index contributed by atoms with van der Waals surface area (Å²) in [5.41, 5.74) is 3.30. The van der Waals surface area contributed by atoms with Crippen LogP contribution >= 0.6 is 0 Å². The van der Waals surface area contributed by atoms with Gasteiger partial charge in [-0.15, -0.1) is 0 Å². The summed E-state index contributed by atoms with van der Waals surface area (Å²) >= 11 is 0. The summed E-state index contributed by atoms with van der Waals surface area (Å²) < 4.78 is 0. The minimum Gasteiger partial charge on any atom is -0.389 e. The standard InChI is InChI=1S/C22H25NO3/c24-17-22(26)10-6-2-5-9-21(25)16-23-15-18-11-13-20(14-12-18)19-7-3-1-4-8-19/h1,3-4,7-8,11-15,24H,2,5-6,9-10,16-17H2. The first-order valence-electron chi connectivity index (χ1n) is 8.98. The van der Waals surface area contributed by atoms with Gasteiger partial charge in [0.05, 0.1) is 6.54 Å². The van der Waals surface area contributed by atoms with Crippen LogP contribution in [0.25, 0.3) is 11.1 Å². The maximum atomic E-state index is 11.8. The Kier molecular flexibility index (Phi) is 8.43. The van der Waals surface area contributed by atoms with E-state index in [2.05, 4.69) is 17.1 Å². The van der Waals surface area contributed by atoms with E-state index in [1.165, 1.54) is 5.56 Å². The molecular weight excluding hydrogens is 326 g/mol. The Balaban J connectivity index is 1.69. The normalized spacial score (nSPS) is 11.0. The molecule has 0 aliphatic carbocycles. The molecule has 2 aromatic carbocycles. The largest absolute Gasteiger partial charge is 0.389 e. The van der Waals surface area contributed by atoms with E-state index in [1.54, 1.807) is 6.21 Å². The molecule has 0 amide bonds. The molecule has 0 bridgehead atoms. The Hall–Kier alpha value is -2.59. The number of hydrogen-bond donors (Lipinski definition) is 1. The first-order chi connectivity index (χ1) is 12.7. The third-order valence-corrected chi connectivity index (χ3v) is 4.11. The molecule has 0 fully saturated rings. The van der Waals surface area contributed by atoms with Crippen molar-refractivity contribution in [1.29, 1.82) is 0 Å². The Bertz CT molecular complexity index is 721. The molecule has 4 nitrogen and oxygen atoms in total. The second-order valence-corrected chi connectivity index (χ2v) is 6.25. The number of Topliss-reactive ketones (excluding diaryl/α,β-unsaturated/α-hetero) is 2. The van der Waals surface area contributed by atoms with Crippen molar-refractivity contribution >= 4 is 17.8 Å². The van der Waals surface area contributed by atoms with Crippen LogP contribution < -0.4 is 0 Å². The van der Waals surface area contributed by atoms with Gasteiger partial charge in [0, 0.05) is 19.1 Å². The molecule has 2 rings (SSSR count). The maximum Gasteiger partial charge on any atom is 0.158 e. The van der Waals surface area contributed by atoms with Crippen LogP contribution in [-0.2, 0) is 9.59 Å². The maximum absolute atomic E-state index is 11.8. The number of rotatable bonds is 11. The number of benzene rings is 2. The van der Waals surface area contributed by atoms with Gasteiger partial charge in [0.25, 0.3) is 0 Å². The van der Waals surface area contributed by atoms with Crippen molar-refractivity contribution in [3.8, 4) is 11.1 Å². The van der Waals surface area contributed by atoms with Gasteiger partial charge in [0.2, 0.25) is 0 Å². The summed E-state index contributed by atoms with van der Waals surface area (Å²) in [4.78, 5) is 27.0. The Morgan fingerprint density at radius 1 is 0.808 bits per heavy atom. The number of nitrogens with zero attached hydrogens (tertiary/aromatic N) is 1. The number of hydrogen-bond acceptors (Lipinski definition) is 4. The Morgan fingerprint density at radius 2 is 1.42 bits per heavy atom. The molecule has 0 saturated carbocycles. The predicted octanol–water partition coefficient (Wildman–Crippen LogP) is 3.85. The molecule has 1 N–H and O–H groups in total. The third-order valence-electron chi connectivity index (χ3n) is 4.11. The Morgan fingerprint density at radius 3 is 2.08 bits per heavy atom. The number of aliphatic hydroxyl groups excluding tert-OH is 1. The van der Waals surface area contributed by atoms with Crippen molar-refractivity contribution in [2.24, 2.45) is 4.99 Å². The van der Waals surface area contributed by atoms with Crippen LogP contribution in [0, 0.1) is 0 Å². The van der Waals surface area contributed by atoms with Gasteiger partial charge in [-0.25, -0.2) is 0 Å². The number of unbranched alkanes of at least 4 members (excludes halogenated alkanes) is 2. The molecule has 0 heterocycles. The number of aliphatic hydroxyl groups is 1. The molecule has 0 atom stereocenters. The van der Waals surface area contributed by atoms with Crippen molar-refractivity contribution in [1.82, 2.24) is 0 Å². The van der Waals surface area contributed by atoms with Crippen LogP contribution in [0.15, 0.2) is 59.6 Å². The quantitative estimate of drug-likeness (QED) is 0.494. The van der Waals surface area contributed by atoms with Gasteiger partial charge in [-0.3, -0.25) is 14.6 Å². The monoisotopic (exact) mass is 351 g/mol. The van der Waals surface area contributed by atoms with Gasteiger partial charge < -0.3 is 5.11 Å². The minimum absolute atomic E-state index is 0.107. The molecule has 26 heavy (non-hydrogen) atoms. The lowest BCUT2D eigenvalue weighted by atomic mass is 10.0. The highest BCUT2D eigenvalue weighted by Crippen LogP contribution is 2.18. The second kappa shape index (κ2) is 11.1. The van der Waals surface area contributed by atoms with Crippen LogP contribution in [0.1, 0.15) is 37.7 Å². The fourth-order valence-corrected chi connectivity index (χ4v) is 2.62. The van der Waals surface area contributed by atoms with Crippen LogP contribution in [0.3, 0.4) is 0 Å². The molecule has 4 heteroatoms. The lowest BCUT2D eigenvalue weighted by Crippen LogP contribution is -2.04. The molecule has 2 aromatic rings. The van der Waals surface area contributed by atoms with Gasteiger partial charge >= 0.3 is 0 Å². The van der Waals surface area contributed by atoms with E-state index in [4.69, 9.17) is 5.11 Å². The molecule has 0 aliphatic rings. The van der Waals surface area contributed by atoms with Gasteiger partial charge in [0.15, 0.2) is 11.6 Å². The van der Waals surface area contributed by atoms with E-state index >= 15 is 0 Å². The van der Waals surface area contributed by atoms with Gasteiger partial charge in [0.1, 0.15) is 6.61 Å². The van der Waals surface area contributed by atoms with Crippen molar-refractivity contribution in [2.45, 2.75) is 32.1 Å². The topological polar surface area (TPSA) is 66.7 Å². The average Bonchev–Trinajstić information content (AvgIpc) is 2.68. The summed E-state index contributed by atoms with van der Waals surface area (Å²) in [6.45, 7) is -0.198.